The number of carboxylic acid groups (broad SMARTS) is 1. The second-order valence-electron chi connectivity index (χ2n) is 5.30. The molecule has 0 aliphatic heterocycles. The molecule has 0 fully saturated rings. The van der Waals surface area contributed by atoms with Gasteiger partial charge in [0.25, 0.3) is 0 Å². The first-order valence-corrected chi connectivity index (χ1v) is 7.36. The first kappa shape index (κ1) is 19.5. The normalized spacial score (nSPS) is 13.0. The van der Waals surface area contributed by atoms with E-state index in [0.717, 1.165) is 12.1 Å². The second-order valence-corrected chi connectivity index (χ2v) is 5.30. The van der Waals surface area contributed by atoms with Gasteiger partial charge < -0.3 is 15.2 Å². The number of esters is 1. The molecule has 1 aromatic rings. The number of hydrogen-bond donors (Lipinski definition) is 2. The molecular formula is C16H19F2NO5. The molecule has 6 nitrogen and oxygen atoms in total. The van der Waals surface area contributed by atoms with E-state index in [4.69, 9.17) is 9.84 Å². The Balaban J connectivity index is 2.69. The Hall–Kier alpha value is -2.51. The van der Waals surface area contributed by atoms with Crippen molar-refractivity contribution in [2.24, 2.45) is 5.92 Å². The van der Waals surface area contributed by atoms with Crippen LogP contribution in [0.15, 0.2) is 18.2 Å². The van der Waals surface area contributed by atoms with Crippen molar-refractivity contribution in [3.8, 4) is 0 Å². The van der Waals surface area contributed by atoms with Gasteiger partial charge in [-0.15, -0.1) is 0 Å². The number of carbonyl (C=O) groups excluding carboxylic acids is 2. The van der Waals surface area contributed by atoms with Crippen molar-refractivity contribution in [3.05, 3.63) is 35.4 Å². The number of aliphatic carboxylic acids is 1. The second kappa shape index (κ2) is 8.95. The number of halogens is 2. The standard InChI is InChI=1S/C16H19F2NO5/c1-3-24-16(23)9(2)4-13(15(21)22)19-14(20)7-10-5-11(17)8-12(18)6-10/h5-6,8-9,13H,3-4,7H2,1-2H3,(H,19,20)(H,21,22)/t9-,13-/m1/s1. The maximum atomic E-state index is 13.1. The molecule has 0 radical (unpaired) electrons. The zero-order chi connectivity index (χ0) is 18.3. The Morgan fingerprint density at radius 1 is 1.21 bits per heavy atom. The van der Waals surface area contributed by atoms with E-state index in [2.05, 4.69) is 5.32 Å². The highest BCUT2D eigenvalue weighted by atomic mass is 19.1. The van der Waals surface area contributed by atoms with Gasteiger partial charge in [0.15, 0.2) is 0 Å². The summed E-state index contributed by atoms with van der Waals surface area (Å²) in [5.74, 6) is -4.98. The highest BCUT2D eigenvalue weighted by Gasteiger charge is 2.26. The summed E-state index contributed by atoms with van der Waals surface area (Å²) in [6, 6.07) is 1.33. The third kappa shape index (κ3) is 6.31. The molecule has 132 valence electrons. The Morgan fingerprint density at radius 3 is 2.29 bits per heavy atom. The fourth-order valence-electron chi connectivity index (χ4n) is 2.10. The quantitative estimate of drug-likeness (QED) is 0.701. The van der Waals surface area contributed by atoms with Crippen molar-refractivity contribution in [2.75, 3.05) is 6.61 Å². The summed E-state index contributed by atoms with van der Waals surface area (Å²) in [5, 5.41) is 11.4. The Morgan fingerprint density at radius 2 is 1.79 bits per heavy atom. The van der Waals surface area contributed by atoms with Crippen LogP contribution in [0.3, 0.4) is 0 Å². The van der Waals surface area contributed by atoms with Crippen molar-refractivity contribution in [1.29, 1.82) is 0 Å². The first-order valence-electron chi connectivity index (χ1n) is 7.36. The number of rotatable bonds is 8. The number of ether oxygens (including phenoxy) is 1. The van der Waals surface area contributed by atoms with E-state index in [9.17, 15) is 23.2 Å². The first-order chi connectivity index (χ1) is 11.2. The number of hydrogen-bond acceptors (Lipinski definition) is 4. The lowest BCUT2D eigenvalue weighted by Crippen LogP contribution is -2.43. The van der Waals surface area contributed by atoms with E-state index in [-0.39, 0.29) is 25.0 Å². The summed E-state index contributed by atoms with van der Waals surface area (Å²) in [4.78, 5) is 34.7. The van der Waals surface area contributed by atoms with Gasteiger partial charge in [0, 0.05) is 6.07 Å². The lowest BCUT2D eigenvalue weighted by molar-refractivity contribution is -0.149. The van der Waals surface area contributed by atoms with Gasteiger partial charge in [0.1, 0.15) is 17.7 Å². The van der Waals surface area contributed by atoms with Crippen molar-refractivity contribution in [2.45, 2.75) is 32.7 Å². The molecule has 1 rings (SSSR count). The topological polar surface area (TPSA) is 92.7 Å². The third-order valence-electron chi connectivity index (χ3n) is 3.20. The van der Waals surface area contributed by atoms with E-state index >= 15 is 0 Å². The highest BCUT2D eigenvalue weighted by Crippen LogP contribution is 2.11. The largest absolute Gasteiger partial charge is 0.480 e. The number of carboxylic acids is 1. The molecule has 1 aromatic carbocycles. The van der Waals surface area contributed by atoms with Crippen LogP contribution in [0.1, 0.15) is 25.8 Å². The minimum absolute atomic E-state index is 0.0765. The van der Waals surface area contributed by atoms with E-state index < -0.39 is 41.4 Å². The van der Waals surface area contributed by atoms with Crippen LogP contribution in [0.4, 0.5) is 8.78 Å². The summed E-state index contributed by atoms with van der Waals surface area (Å²) in [6.07, 6.45) is -0.538. The Labute approximate surface area is 137 Å². The molecule has 0 aliphatic carbocycles. The van der Waals surface area contributed by atoms with Crippen LogP contribution in [0.25, 0.3) is 0 Å². The SMILES string of the molecule is CCOC(=O)[C@H](C)C[C@@H](NC(=O)Cc1cc(F)cc(F)c1)C(=O)O. The molecule has 0 aliphatic rings. The smallest absolute Gasteiger partial charge is 0.326 e. The highest BCUT2D eigenvalue weighted by molar-refractivity contribution is 5.85. The summed E-state index contributed by atoms with van der Waals surface area (Å²) < 4.78 is 31.0. The van der Waals surface area contributed by atoms with E-state index in [1.807, 2.05) is 0 Å². The molecule has 1 amide bonds. The molecule has 2 atom stereocenters. The predicted octanol–water partition coefficient (Wildman–Crippen LogP) is 1.67. The van der Waals surface area contributed by atoms with Crippen LogP contribution in [0.2, 0.25) is 0 Å². The molecule has 0 unspecified atom stereocenters. The van der Waals surface area contributed by atoms with Gasteiger partial charge in [-0.05, 0) is 31.0 Å². The summed E-state index contributed by atoms with van der Waals surface area (Å²) in [7, 11) is 0. The number of amides is 1. The van der Waals surface area contributed by atoms with Crippen molar-refractivity contribution in [1.82, 2.24) is 5.32 Å². The van der Waals surface area contributed by atoms with E-state index in [1.54, 1.807) is 6.92 Å². The molecule has 8 heteroatoms. The zero-order valence-electron chi connectivity index (χ0n) is 13.3. The van der Waals surface area contributed by atoms with E-state index in [0.29, 0.717) is 6.07 Å². The van der Waals surface area contributed by atoms with Crippen LogP contribution in [0.5, 0.6) is 0 Å². The van der Waals surface area contributed by atoms with E-state index in [1.165, 1.54) is 6.92 Å². The van der Waals surface area contributed by atoms with Crippen molar-refractivity contribution >= 4 is 17.8 Å². The molecule has 0 saturated carbocycles. The summed E-state index contributed by atoms with van der Waals surface area (Å²) in [5.41, 5.74) is 0.0765. The Bertz CT molecular complexity index is 600. The van der Waals surface area contributed by atoms with Crippen LogP contribution in [-0.4, -0.2) is 35.6 Å². The minimum Gasteiger partial charge on any atom is -0.480 e. The maximum absolute atomic E-state index is 13.1. The van der Waals surface area contributed by atoms with Crippen LogP contribution in [-0.2, 0) is 25.5 Å². The van der Waals surface area contributed by atoms with Gasteiger partial charge >= 0.3 is 11.9 Å². The molecule has 0 spiro atoms. The number of benzene rings is 1. The predicted molar refractivity (Wildman–Crippen MR) is 80.0 cm³/mol. The maximum Gasteiger partial charge on any atom is 0.326 e. The average molecular weight is 343 g/mol. The van der Waals surface area contributed by atoms with Gasteiger partial charge in [-0.3, -0.25) is 9.59 Å². The van der Waals surface area contributed by atoms with Gasteiger partial charge in [0.2, 0.25) is 5.91 Å². The van der Waals surface area contributed by atoms with Crippen LogP contribution < -0.4 is 5.32 Å². The number of carbonyl (C=O) groups is 3. The monoisotopic (exact) mass is 343 g/mol. The fraction of sp³-hybridized carbons (Fsp3) is 0.438. The Kier molecular flexibility index (Phi) is 7.29. The zero-order valence-corrected chi connectivity index (χ0v) is 13.3. The lowest BCUT2D eigenvalue weighted by Gasteiger charge is -2.18. The van der Waals surface area contributed by atoms with Crippen LogP contribution >= 0.6 is 0 Å². The van der Waals surface area contributed by atoms with Crippen molar-refractivity contribution in [3.63, 3.8) is 0 Å². The van der Waals surface area contributed by atoms with Gasteiger partial charge in [-0.1, -0.05) is 6.92 Å². The average Bonchev–Trinajstić information content (AvgIpc) is 2.45. The molecule has 0 heterocycles. The number of nitrogens with one attached hydrogen (secondary N) is 1. The minimum atomic E-state index is -1.31. The lowest BCUT2D eigenvalue weighted by atomic mass is 10.0. The molecular weight excluding hydrogens is 324 g/mol. The molecule has 2 N–H and O–H groups in total. The molecule has 0 aromatic heterocycles. The summed E-state index contributed by atoms with van der Waals surface area (Å²) in [6.45, 7) is 3.28. The summed E-state index contributed by atoms with van der Waals surface area (Å²) >= 11 is 0. The van der Waals surface area contributed by atoms with Gasteiger partial charge in [-0.2, -0.15) is 0 Å². The van der Waals surface area contributed by atoms with Gasteiger partial charge in [0.05, 0.1) is 18.9 Å². The molecule has 24 heavy (non-hydrogen) atoms. The molecule has 0 saturated heterocycles. The third-order valence-corrected chi connectivity index (χ3v) is 3.20. The fourth-order valence-corrected chi connectivity index (χ4v) is 2.10. The van der Waals surface area contributed by atoms with Crippen LogP contribution in [0, 0.1) is 17.6 Å². The molecule has 0 bridgehead atoms. The van der Waals surface area contributed by atoms with Crippen molar-refractivity contribution < 1.29 is 33.0 Å². The van der Waals surface area contributed by atoms with Gasteiger partial charge in [-0.25, -0.2) is 13.6 Å².